The predicted molar refractivity (Wildman–Crippen MR) is 95.9 cm³/mol. The minimum Gasteiger partial charge on any atom is -0.460 e. The standard InChI is InChI=1S/C20H28BrNO3/c21-9-16(23)25-18-13-4-14-15(5-13)19(24)22(17(14)18)20-6-10-1-11(7-20)3-12(2-10)8-20/h10-15,17-19,24H,1-9H2. The SMILES string of the molecule is O=C(CBr)OC1C2CC3C(C2)C1N(C12CC4CC(CC(C4)C1)C2)C3O. The van der Waals surface area contributed by atoms with Crippen molar-refractivity contribution in [1.29, 1.82) is 0 Å². The number of halogens is 1. The highest BCUT2D eigenvalue weighted by Crippen LogP contribution is 2.65. The molecule has 138 valence electrons. The second-order valence-electron chi connectivity index (χ2n) is 10.1. The fourth-order valence-corrected chi connectivity index (χ4v) is 8.88. The van der Waals surface area contributed by atoms with Gasteiger partial charge in [0.2, 0.25) is 0 Å². The van der Waals surface area contributed by atoms with Crippen molar-refractivity contribution in [2.24, 2.45) is 35.5 Å². The van der Waals surface area contributed by atoms with E-state index in [2.05, 4.69) is 20.8 Å². The summed E-state index contributed by atoms with van der Waals surface area (Å²) in [6.07, 6.45) is 9.99. The van der Waals surface area contributed by atoms with Crippen LogP contribution in [0.25, 0.3) is 0 Å². The molecule has 0 spiro atoms. The molecular formula is C20H28BrNO3. The number of carbonyl (C=O) groups excluding carboxylic acids is 1. The predicted octanol–water partition coefficient (Wildman–Crippen LogP) is 2.92. The normalized spacial score (nSPS) is 58.2. The van der Waals surface area contributed by atoms with Crippen molar-refractivity contribution in [2.45, 2.75) is 75.3 Å². The minimum atomic E-state index is -0.302. The summed E-state index contributed by atoms with van der Waals surface area (Å²) in [4.78, 5) is 14.5. The van der Waals surface area contributed by atoms with Gasteiger partial charge in [-0.3, -0.25) is 9.69 Å². The molecule has 1 N–H and O–H groups in total. The van der Waals surface area contributed by atoms with Gasteiger partial charge in [0.25, 0.3) is 0 Å². The number of ether oxygens (including phenoxy) is 1. The summed E-state index contributed by atoms with van der Waals surface area (Å²) in [6, 6.07) is 0.276. The highest BCUT2D eigenvalue weighted by molar-refractivity contribution is 9.09. The van der Waals surface area contributed by atoms with Gasteiger partial charge in [0.1, 0.15) is 17.7 Å². The largest absolute Gasteiger partial charge is 0.460 e. The Labute approximate surface area is 157 Å². The first-order valence-electron chi connectivity index (χ1n) is 10.3. The second kappa shape index (κ2) is 5.23. The van der Waals surface area contributed by atoms with E-state index >= 15 is 0 Å². The number of hydrogen-bond donors (Lipinski definition) is 1. The van der Waals surface area contributed by atoms with Crippen molar-refractivity contribution in [3.63, 3.8) is 0 Å². The molecule has 6 unspecified atom stereocenters. The summed E-state index contributed by atoms with van der Waals surface area (Å²) in [5.41, 5.74) is 0.199. The van der Waals surface area contributed by atoms with Crippen molar-refractivity contribution in [3.8, 4) is 0 Å². The molecule has 0 aromatic heterocycles. The van der Waals surface area contributed by atoms with Crippen molar-refractivity contribution in [1.82, 2.24) is 4.90 Å². The van der Waals surface area contributed by atoms with Gasteiger partial charge >= 0.3 is 5.97 Å². The lowest BCUT2D eigenvalue weighted by molar-refractivity contribution is -0.171. The maximum atomic E-state index is 12.0. The smallest absolute Gasteiger partial charge is 0.316 e. The number of esters is 1. The molecule has 6 aliphatic carbocycles. The number of rotatable bonds is 3. The third kappa shape index (κ3) is 2.04. The average Bonchev–Trinajstić information content (AvgIpc) is 3.17. The van der Waals surface area contributed by atoms with Gasteiger partial charge in [0.15, 0.2) is 0 Å². The molecule has 6 atom stereocenters. The molecule has 0 aromatic rings. The zero-order valence-electron chi connectivity index (χ0n) is 14.6. The van der Waals surface area contributed by atoms with Crippen molar-refractivity contribution >= 4 is 21.9 Å². The van der Waals surface area contributed by atoms with Gasteiger partial charge in [-0.05, 0) is 81.0 Å². The molecule has 7 fully saturated rings. The molecule has 7 rings (SSSR count). The van der Waals surface area contributed by atoms with E-state index in [0.717, 1.165) is 30.6 Å². The van der Waals surface area contributed by atoms with Gasteiger partial charge in [-0.2, -0.15) is 0 Å². The average molecular weight is 410 g/mol. The lowest BCUT2D eigenvalue weighted by atomic mass is 9.52. The van der Waals surface area contributed by atoms with Crippen molar-refractivity contribution < 1.29 is 14.6 Å². The van der Waals surface area contributed by atoms with Crippen LogP contribution in [-0.4, -0.2) is 45.2 Å². The zero-order chi connectivity index (χ0) is 16.9. The Hall–Kier alpha value is -0.130. The summed E-state index contributed by atoms with van der Waals surface area (Å²) in [7, 11) is 0. The van der Waals surface area contributed by atoms with E-state index in [4.69, 9.17) is 4.74 Å². The molecule has 0 radical (unpaired) electrons. The number of nitrogens with zero attached hydrogens (tertiary/aromatic N) is 1. The minimum absolute atomic E-state index is 0.0106. The van der Waals surface area contributed by atoms with Crippen LogP contribution in [-0.2, 0) is 9.53 Å². The summed E-state index contributed by atoms with van der Waals surface area (Å²) < 4.78 is 5.93. The summed E-state index contributed by atoms with van der Waals surface area (Å²) in [6.45, 7) is 0. The Morgan fingerprint density at radius 2 is 1.64 bits per heavy atom. The Kier molecular flexibility index (Phi) is 3.32. The van der Waals surface area contributed by atoms with Gasteiger partial charge in [0.05, 0.1) is 6.04 Å². The van der Waals surface area contributed by atoms with Crippen LogP contribution in [0, 0.1) is 35.5 Å². The van der Waals surface area contributed by atoms with Crippen molar-refractivity contribution in [3.05, 3.63) is 0 Å². The van der Waals surface area contributed by atoms with E-state index in [-0.39, 0.29) is 35.2 Å². The van der Waals surface area contributed by atoms with Crippen LogP contribution >= 0.6 is 15.9 Å². The first-order chi connectivity index (χ1) is 12.1. The topological polar surface area (TPSA) is 49.8 Å². The first kappa shape index (κ1) is 15.9. The maximum Gasteiger partial charge on any atom is 0.316 e. The van der Waals surface area contributed by atoms with Crippen LogP contribution in [0.4, 0.5) is 0 Å². The lowest BCUT2D eigenvalue weighted by Crippen LogP contribution is -2.64. The van der Waals surface area contributed by atoms with Crippen LogP contribution in [0.3, 0.4) is 0 Å². The highest BCUT2D eigenvalue weighted by atomic mass is 79.9. The van der Waals surface area contributed by atoms with Gasteiger partial charge in [-0.25, -0.2) is 0 Å². The van der Waals surface area contributed by atoms with Gasteiger partial charge in [-0.15, -0.1) is 0 Å². The second-order valence-corrected chi connectivity index (χ2v) is 10.7. The fraction of sp³-hybridized carbons (Fsp3) is 0.950. The summed E-state index contributed by atoms with van der Waals surface area (Å²) in [5.74, 6) is 3.91. The van der Waals surface area contributed by atoms with E-state index < -0.39 is 0 Å². The molecule has 7 aliphatic rings. The van der Waals surface area contributed by atoms with E-state index in [1.165, 1.54) is 38.5 Å². The monoisotopic (exact) mass is 409 g/mol. The highest BCUT2D eigenvalue weighted by Gasteiger charge is 2.69. The number of fused-ring (bicyclic) bond motifs is 1. The van der Waals surface area contributed by atoms with Crippen LogP contribution in [0.5, 0.6) is 0 Å². The van der Waals surface area contributed by atoms with Crippen LogP contribution < -0.4 is 0 Å². The van der Waals surface area contributed by atoms with E-state index in [1.807, 2.05) is 0 Å². The molecule has 0 amide bonds. The van der Waals surface area contributed by atoms with E-state index in [0.29, 0.717) is 17.8 Å². The lowest BCUT2D eigenvalue weighted by Gasteiger charge is -2.61. The Balaban J connectivity index is 1.36. The number of likely N-dealkylation sites (tertiary alicyclic amines) is 1. The van der Waals surface area contributed by atoms with Crippen molar-refractivity contribution in [2.75, 3.05) is 5.33 Å². The Morgan fingerprint density at radius 3 is 2.24 bits per heavy atom. The van der Waals surface area contributed by atoms with Gasteiger partial charge < -0.3 is 9.84 Å². The number of aliphatic hydroxyl groups excluding tert-OH is 1. The molecule has 6 saturated carbocycles. The molecule has 1 aliphatic heterocycles. The van der Waals surface area contributed by atoms with Crippen LogP contribution in [0.2, 0.25) is 0 Å². The molecule has 4 nitrogen and oxygen atoms in total. The van der Waals surface area contributed by atoms with E-state index in [1.54, 1.807) is 0 Å². The quantitative estimate of drug-likeness (QED) is 0.574. The number of hydrogen-bond acceptors (Lipinski definition) is 4. The molecule has 1 saturated heterocycles. The molecule has 25 heavy (non-hydrogen) atoms. The third-order valence-corrected chi connectivity index (χ3v) is 9.32. The number of carbonyl (C=O) groups is 1. The summed E-state index contributed by atoms with van der Waals surface area (Å²) in [5, 5.41) is 11.6. The Bertz CT molecular complexity index is 574. The van der Waals surface area contributed by atoms with Gasteiger partial charge in [-0.1, -0.05) is 15.9 Å². The molecule has 1 heterocycles. The fourth-order valence-electron chi connectivity index (χ4n) is 8.75. The first-order valence-corrected chi connectivity index (χ1v) is 11.4. The number of alkyl halides is 1. The number of aliphatic hydroxyl groups is 1. The molecular weight excluding hydrogens is 382 g/mol. The third-order valence-electron chi connectivity index (χ3n) is 8.86. The van der Waals surface area contributed by atoms with Crippen LogP contribution in [0.1, 0.15) is 51.4 Å². The molecule has 0 aromatic carbocycles. The Morgan fingerprint density at radius 1 is 1.04 bits per heavy atom. The summed E-state index contributed by atoms with van der Waals surface area (Å²) >= 11 is 3.25. The van der Waals surface area contributed by atoms with Crippen LogP contribution in [0.15, 0.2) is 0 Å². The van der Waals surface area contributed by atoms with Gasteiger partial charge in [0, 0.05) is 11.5 Å². The molecule has 5 heteroatoms. The maximum absolute atomic E-state index is 12.0. The van der Waals surface area contributed by atoms with E-state index in [9.17, 15) is 9.90 Å². The zero-order valence-corrected chi connectivity index (χ0v) is 16.2. The molecule has 6 bridgehead atoms.